The van der Waals surface area contributed by atoms with Crippen molar-refractivity contribution in [2.24, 2.45) is 10.7 Å². The smallest absolute Gasteiger partial charge is 0.101 e. The van der Waals surface area contributed by atoms with Crippen LogP contribution < -0.4 is 5.73 Å². The zero-order valence-corrected chi connectivity index (χ0v) is 6.78. The maximum atomic E-state index is 8.70. The van der Waals surface area contributed by atoms with Crippen LogP contribution >= 0.6 is 0 Å². The van der Waals surface area contributed by atoms with Gasteiger partial charge in [0.25, 0.3) is 0 Å². The summed E-state index contributed by atoms with van der Waals surface area (Å²) in [4.78, 5) is 3.85. The number of hydrogen-bond acceptors (Lipinski definition) is 2. The van der Waals surface area contributed by atoms with Crippen LogP contribution in [0.15, 0.2) is 23.2 Å². The number of nitriles is 1. The molecule has 3 nitrogen and oxygen atoms in total. The van der Waals surface area contributed by atoms with E-state index in [1.54, 1.807) is 12.1 Å². The van der Waals surface area contributed by atoms with Crippen LogP contribution in [0.3, 0.4) is 0 Å². The Labute approximate surface area is 71.2 Å². The highest BCUT2D eigenvalue weighted by Crippen LogP contribution is 2.18. The first-order valence-electron chi connectivity index (χ1n) is 3.53. The van der Waals surface area contributed by atoms with Crippen LogP contribution in [0.1, 0.15) is 11.1 Å². The van der Waals surface area contributed by atoms with Gasteiger partial charge in [-0.2, -0.15) is 5.26 Å². The lowest BCUT2D eigenvalue weighted by atomic mass is 10.1. The number of hydrogen-bond donors (Lipinski definition) is 1. The Kier molecular flexibility index (Phi) is 2.44. The molecule has 1 rings (SSSR count). The SMILES string of the molecule is Cc1ccc(N=CN)c(C#N)c1. The molecule has 60 valence electrons. The summed E-state index contributed by atoms with van der Waals surface area (Å²) in [6, 6.07) is 7.50. The maximum Gasteiger partial charge on any atom is 0.101 e. The molecule has 0 bridgehead atoms. The summed E-state index contributed by atoms with van der Waals surface area (Å²) >= 11 is 0. The molecule has 3 heteroatoms. The second-order valence-corrected chi connectivity index (χ2v) is 2.41. The van der Waals surface area contributed by atoms with E-state index in [-0.39, 0.29) is 0 Å². The Balaban J connectivity index is 3.22. The van der Waals surface area contributed by atoms with Crippen LogP contribution in [0.4, 0.5) is 5.69 Å². The molecule has 2 N–H and O–H groups in total. The van der Waals surface area contributed by atoms with Gasteiger partial charge in [-0.1, -0.05) is 6.07 Å². The summed E-state index contributed by atoms with van der Waals surface area (Å²) in [6.07, 6.45) is 1.19. The molecule has 0 amide bonds. The van der Waals surface area contributed by atoms with Crippen LogP contribution in [0.2, 0.25) is 0 Å². The summed E-state index contributed by atoms with van der Waals surface area (Å²) < 4.78 is 0. The van der Waals surface area contributed by atoms with Crippen LogP contribution in [-0.4, -0.2) is 6.34 Å². The molecule has 0 saturated heterocycles. The van der Waals surface area contributed by atoms with Crippen LogP contribution in [0.5, 0.6) is 0 Å². The van der Waals surface area contributed by atoms with Crippen molar-refractivity contribution in [2.45, 2.75) is 6.92 Å². The number of rotatable bonds is 1. The van der Waals surface area contributed by atoms with Crippen molar-refractivity contribution in [3.05, 3.63) is 29.3 Å². The number of aliphatic imine (C=N–C) groups is 1. The lowest BCUT2D eigenvalue weighted by molar-refractivity contribution is 1.39. The van der Waals surface area contributed by atoms with Crippen LogP contribution in [0.25, 0.3) is 0 Å². The highest BCUT2D eigenvalue weighted by atomic mass is 14.8. The van der Waals surface area contributed by atoms with E-state index in [4.69, 9.17) is 11.0 Å². The Morgan fingerprint density at radius 3 is 2.92 bits per heavy atom. The van der Waals surface area contributed by atoms with E-state index < -0.39 is 0 Å². The third-order valence-corrected chi connectivity index (χ3v) is 1.49. The molecule has 0 aliphatic carbocycles. The van der Waals surface area contributed by atoms with Crippen molar-refractivity contribution in [1.82, 2.24) is 0 Å². The molecule has 1 aromatic carbocycles. The van der Waals surface area contributed by atoms with Crippen molar-refractivity contribution in [1.29, 1.82) is 5.26 Å². The van der Waals surface area contributed by atoms with Gasteiger partial charge in [0.15, 0.2) is 0 Å². The minimum atomic E-state index is 0.553. The first-order chi connectivity index (χ1) is 5.77. The van der Waals surface area contributed by atoms with E-state index in [1.165, 1.54) is 6.34 Å². The van der Waals surface area contributed by atoms with Gasteiger partial charge < -0.3 is 5.73 Å². The van der Waals surface area contributed by atoms with Crippen LogP contribution in [0, 0.1) is 18.3 Å². The fourth-order valence-electron chi connectivity index (χ4n) is 0.932. The topological polar surface area (TPSA) is 62.2 Å². The van der Waals surface area contributed by atoms with E-state index in [0.29, 0.717) is 11.3 Å². The molecule has 12 heavy (non-hydrogen) atoms. The van der Waals surface area contributed by atoms with Gasteiger partial charge in [-0.05, 0) is 24.6 Å². The maximum absolute atomic E-state index is 8.70. The first kappa shape index (κ1) is 8.28. The van der Waals surface area contributed by atoms with E-state index in [1.807, 2.05) is 13.0 Å². The lowest BCUT2D eigenvalue weighted by Gasteiger charge is -1.97. The summed E-state index contributed by atoms with van der Waals surface area (Å²) in [5.74, 6) is 0. The van der Waals surface area contributed by atoms with Gasteiger partial charge in [0.1, 0.15) is 6.07 Å². The molecule has 0 heterocycles. The minimum absolute atomic E-state index is 0.553. The monoisotopic (exact) mass is 159 g/mol. The summed E-state index contributed by atoms with van der Waals surface area (Å²) in [7, 11) is 0. The van der Waals surface area contributed by atoms with E-state index in [2.05, 4.69) is 11.1 Å². The van der Waals surface area contributed by atoms with E-state index >= 15 is 0 Å². The summed E-state index contributed by atoms with van der Waals surface area (Å²) in [6.45, 7) is 1.93. The van der Waals surface area contributed by atoms with Crippen molar-refractivity contribution < 1.29 is 0 Å². The van der Waals surface area contributed by atoms with Crippen molar-refractivity contribution in [2.75, 3.05) is 0 Å². The molecule has 0 atom stereocenters. The molecular formula is C9H9N3. The molecule has 0 aliphatic heterocycles. The number of aryl methyl sites for hydroxylation is 1. The molecule has 0 aromatic heterocycles. The summed E-state index contributed by atoms with van der Waals surface area (Å²) in [5, 5.41) is 8.70. The largest absolute Gasteiger partial charge is 0.390 e. The Bertz CT molecular complexity index is 347. The van der Waals surface area contributed by atoms with Gasteiger partial charge in [0, 0.05) is 0 Å². The zero-order chi connectivity index (χ0) is 8.97. The molecule has 0 spiro atoms. The predicted molar refractivity (Wildman–Crippen MR) is 48.2 cm³/mol. The predicted octanol–water partition coefficient (Wildman–Crippen LogP) is 1.49. The molecule has 0 radical (unpaired) electrons. The third-order valence-electron chi connectivity index (χ3n) is 1.49. The number of nitrogens with two attached hydrogens (primary N) is 1. The van der Waals surface area contributed by atoms with Gasteiger partial charge in [-0.25, -0.2) is 4.99 Å². The molecule has 0 unspecified atom stereocenters. The quantitative estimate of drug-likeness (QED) is 0.498. The Morgan fingerprint density at radius 1 is 1.58 bits per heavy atom. The average Bonchev–Trinajstić information content (AvgIpc) is 2.08. The van der Waals surface area contributed by atoms with Gasteiger partial charge in [-0.3, -0.25) is 0 Å². The fraction of sp³-hybridized carbons (Fsp3) is 0.111. The Morgan fingerprint density at radius 2 is 2.33 bits per heavy atom. The number of nitrogens with zero attached hydrogens (tertiary/aromatic N) is 2. The molecule has 1 aromatic rings. The molecular weight excluding hydrogens is 150 g/mol. The van der Waals surface area contributed by atoms with Crippen LogP contribution in [-0.2, 0) is 0 Å². The molecule has 0 fully saturated rings. The van der Waals surface area contributed by atoms with Gasteiger partial charge in [0.2, 0.25) is 0 Å². The number of benzene rings is 1. The lowest BCUT2D eigenvalue weighted by Crippen LogP contribution is -1.88. The van der Waals surface area contributed by atoms with E-state index in [9.17, 15) is 0 Å². The normalized spacial score (nSPS) is 10.0. The van der Waals surface area contributed by atoms with Crippen molar-refractivity contribution >= 4 is 12.0 Å². The van der Waals surface area contributed by atoms with Gasteiger partial charge in [0.05, 0.1) is 17.6 Å². The second-order valence-electron chi connectivity index (χ2n) is 2.41. The van der Waals surface area contributed by atoms with Crippen molar-refractivity contribution in [3.63, 3.8) is 0 Å². The highest BCUT2D eigenvalue weighted by Gasteiger charge is 1.98. The summed E-state index contributed by atoms with van der Waals surface area (Å²) in [5.41, 5.74) is 7.33. The molecule has 0 saturated carbocycles. The van der Waals surface area contributed by atoms with Crippen molar-refractivity contribution in [3.8, 4) is 6.07 Å². The van der Waals surface area contributed by atoms with E-state index in [0.717, 1.165) is 5.56 Å². The standard InChI is InChI=1S/C9H9N3/c1-7-2-3-9(12-6-11)8(4-7)5-10/h2-4,6H,1H3,(H2,11,12). The Hall–Kier alpha value is -1.82. The highest BCUT2D eigenvalue weighted by molar-refractivity contribution is 5.64. The van der Waals surface area contributed by atoms with Gasteiger partial charge >= 0.3 is 0 Å². The van der Waals surface area contributed by atoms with Gasteiger partial charge in [-0.15, -0.1) is 0 Å². The second kappa shape index (κ2) is 3.54. The fourth-order valence-corrected chi connectivity index (χ4v) is 0.932. The first-order valence-corrected chi connectivity index (χ1v) is 3.53. The minimum Gasteiger partial charge on any atom is -0.390 e. The third kappa shape index (κ3) is 1.61. The zero-order valence-electron chi connectivity index (χ0n) is 6.78. The molecule has 0 aliphatic rings. The average molecular weight is 159 g/mol.